The van der Waals surface area contributed by atoms with Gasteiger partial charge in [-0.1, -0.05) is 23.4 Å². The molecule has 6 nitrogen and oxygen atoms in total. The maximum atomic E-state index is 12.6. The highest BCUT2D eigenvalue weighted by molar-refractivity contribution is 6.05. The second-order valence-corrected chi connectivity index (χ2v) is 6.47. The number of rotatable bonds is 7. The maximum Gasteiger partial charge on any atom is 0.422 e. The fraction of sp³-hybridized carbons (Fsp3) is 0.238. The Kier molecular flexibility index (Phi) is 6.29. The summed E-state index contributed by atoms with van der Waals surface area (Å²) in [5.41, 5.74) is 1.95. The SMILES string of the molecule is Cc1noc(C)c1COc1cccc(C(=O)Nc2ccccc2OCC(F)(F)F)c1. The Hall–Kier alpha value is -3.49. The monoisotopic (exact) mass is 420 g/mol. The number of benzene rings is 2. The van der Waals surface area contributed by atoms with Gasteiger partial charge in [0, 0.05) is 5.56 Å². The minimum Gasteiger partial charge on any atom is -0.489 e. The number of halogens is 3. The average Bonchev–Trinajstić information content (AvgIpc) is 3.03. The summed E-state index contributed by atoms with van der Waals surface area (Å²) in [7, 11) is 0. The van der Waals surface area contributed by atoms with Crippen LogP contribution < -0.4 is 14.8 Å². The first kappa shape index (κ1) is 21.2. The standard InChI is InChI=1S/C21H19F3N2O4/c1-13-17(14(2)30-26-13)11-28-16-7-5-6-15(10-16)20(27)25-18-8-3-4-9-19(18)29-12-21(22,23)24/h3-10H,11-12H2,1-2H3,(H,25,27). The molecule has 0 fully saturated rings. The summed E-state index contributed by atoms with van der Waals surface area (Å²) in [6.45, 7) is 2.35. The van der Waals surface area contributed by atoms with E-state index in [9.17, 15) is 18.0 Å². The van der Waals surface area contributed by atoms with Gasteiger partial charge in [0.25, 0.3) is 5.91 Å². The Morgan fingerprint density at radius 3 is 2.57 bits per heavy atom. The van der Waals surface area contributed by atoms with Gasteiger partial charge in [-0.25, -0.2) is 0 Å². The van der Waals surface area contributed by atoms with E-state index < -0.39 is 18.7 Å². The number of para-hydroxylation sites is 2. The second kappa shape index (κ2) is 8.89. The second-order valence-electron chi connectivity index (χ2n) is 6.47. The third-order valence-electron chi connectivity index (χ3n) is 4.19. The number of nitrogens with one attached hydrogen (secondary N) is 1. The number of hydrogen-bond donors (Lipinski definition) is 1. The predicted octanol–water partition coefficient (Wildman–Crippen LogP) is 5.06. The number of aromatic nitrogens is 1. The molecule has 9 heteroatoms. The van der Waals surface area contributed by atoms with Gasteiger partial charge in [0.1, 0.15) is 23.9 Å². The summed E-state index contributed by atoms with van der Waals surface area (Å²) in [4.78, 5) is 12.6. The molecule has 0 saturated carbocycles. The van der Waals surface area contributed by atoms with Crippen LogP contribution in [0.15, 0.2) is 53.1 Å². The summed E-state index contributed by atoms with van der Waals surface area (Å²) >= 11 is 0. The Morgan fingerprint density at radius 1 is 1.10 bits per heavy atom. The number of nitrogens with zero attached hydrogens (tertiary/aromatic N) is 1. The van der Waals surface area contributed by atoms with Crippen molar-refractivity contribution >= 4 is 11.6 Å². The van der Waals surface area contributed by atoms with Gasteiger partial charge in [-0.2, -0.15) is 13.2 Å². The molecular weight excluding hydrogens is 401 g/mol. The number of anilines is 1. The van der Waals surface area contributed by atoms with E-state index in [1.165, 1.54) is 24.3 Å². The van der Waals surface area contributed by atoms with Crippen molar-refractivity contribution in [2.45, 2.75) is 26.6 Å². The molecular formula is C21H19F3N2O4. The van der Waals surface area contributed by atoms with Crippen LogP contribution in [0.3, 0.4) is 0 Å². The number of aryl methyl sites for hydroxylation is 2. The van der Waals surface area contributed by atoms with Crippen LogP contribution in [-0.4, -0.2) is 23.8 Å². The predicted molar refractivity (Wildman–Crippen MR) is 103 cm³/mol. The van der Waals surface area contributed by atoms with Crippen LogP contribution >= 0.6 is 0 Å². The molecule has 158 valence electrons. The number of alkyl halides is 3. The van der Waals surface area contributed by atoms with E-state index in [2.05, 4.69) is 10.5 Å². The molecule has 30 heavy (non-hydrogen) atoms. The molecule has 1 aromatic heterocycles. The van der Waals surface area contributed by atoms with Gasteiger partial charge in [-0.05, 0) is 44.2 Å². The molecule has 1 heterocycles. The smallest absolute Gasteiger partial charge is 0.422 e. The molecule has 0 aliphatic heterocycles. The summed E-state index contributed by atoms with van der Waals surface area (Å²) in [5.74, 6) is 0.510. The first-order valence-corrected chi connectivity index (χ1v) is 8.97. The normalized spacial score (nSPS) is 11.2. The fourth-order valence-corrected chi connectivity index (χ4v) is 2.64. The average molecular weight is 420 g/mol. The molecule has 0 aliphatic rings. The van der Waals surface area contributed by atoms with E-state index in [0.29, 0.717) is 11.5 Å². The van der Waals surface area contributed by atoms with Crippen LogP contribution in [-0.2, 0) is 6.61 Å². The van der Waals surface area contributed by atoms with Gasteiger partial charge in [0.2, 0.25) is 0 Å². The minimum atomic E-state index is -4.48. The quantitative estimate of drug-likeness (QED) is 0.578. The molecule has 0 spiro atoms. The van der Waals surface area contributed by atoms with Crippen molar-refractivity contribution in [3.05, 3.63) is 71.1 Å². The van der Waals surface area contributed by atoms with Crippen LogP contribution in [0.4, 0.5) is 18.9 Å². The van der Waals surface area contributed by atoms with E-state index in [1.54, 1.807) is 38.1 Å². The summed E-state index contributed by atoms with van der Waals surface area (Å²) in [6.07, 6.45) is -4.48. The van der Waals surface area contributed by atoms with E-state index in [4.69, 9.17) is 14.0 Å². The Labute approximate surface area is 170 Å². The lowest BCUT2D eigenvalue weighted by Gasteiger charge is -2.14. The Bertz CT molecular complexity index is 1010. The van der Waals surface area contributed by atoms with E-state index >= 15 is 0 Å². The van der Waals surface area contributed by atoms with Crippen molar-refractivity contribution in [2.75, 3.05) is 11.9 Å². The van der Waals surface area contributed by atoms with E-state index in [0.717, 1.165) is 11.3 Å². The molecule has 0 atom stereocenters. The zero-order valence-corrected chi connectivity index (χ0v) is 16.2. The van der Waals surface area contributed by atoms with Crippen LogP contribution in [0.1, 0.15) is 27.4 Å². The Balaban J connectivity index is 1.69. The van der Waals surface area contributed by atoms with Crippen LogP contribution in [0.25, 0.3) is 0 Å². The largest absolute Gasteiger partial charge is 0.489 e. The van der Waals surface area contributed by atoms with Gasteiger partial charge in [-0.3, -0.25) is 4.79 Å². The number of carbonyl (C=O) groups is 1. The third kappa shape index (κ3) is 5.53. The van der Waals surface area contributed by atoms with Crippen molar-refractivity contribution in [1.82, 2.24) is 5.16 Å². The van der Waals surface area contributed by atoms with Crippen molar-refractivity contribution < 1.29 is 32.0 Å². The van der Waals surface area contributed by atoms with Crippen molar-refractivity contribution in [3.8, 4) is 11.5 Å². The van der Waals surface area contributed by atoms with Crippen molar-refractivity contribution in [2.24, 2.45) is 0 Å². The lowest BCUT2D eigenvalue weighted by Crippen LogP contribution is -2.20. The Morgan fingerprint density at radius 2 is 1.87 bits per heavy atom. The molecule has 2 aromatic carbocycles. The molecule has 3 aromatic rings. The van der Waals surface area contributed by atoms with Gasteiger partial charge < -0.3 is 19.3 Å². The summed E-state index contributed by atoms with van der Waals surface area (Å²) in [6, 6.07) is 12.3. The summed E-state index contributed by atoms with van der Waals surface area (Å²) < 4.78 is 52.9. The number of amides is 1. The molecule has 0 aliphatic carbocycles. The molecule has 0 bridgehead atoms. The zero-order chi connectivity index (χ0) is 21.7. The lowest BCUT2D eigenvalue weighted by molar-refractivity contribution is -0.153. The minimum absolute atomic E-state index is 0.0750. The van der Waals surface area contributed by atoms with Crippen LogP contribution in [0, 0.1) is 13.8 Å². The van der Waals surface area contributed by atoms with Gasteiger partial charge in [0.05, 0.1) is 16.9 Å². The maximum absolute atomic E-state index is 12.6. The lowest BCUT2D eigenvalue weighted by atomic mass is 10.2. The van der Waals surface area contributed by atoms with Crippen molar-refractivity contribution in [1.29, 1.82) is 0 Å². The zero-order valence-electron chi connectivity index (χ0n) is 16.2. The molecule has 0 unspecified atom stereocenters. The van der Waals surface area contributed by atoms with E-state index in [1.807, 2.05) is 0 Å². The molecule has 0 radical (unpaired) electrons. The van der Waals surface area contributed by atoms with Crippen LogP contribution in [0.2, 0.25) is 0 Å². The third-order valence-corrected chi connectivity index (χ3v) is 4.19. The van der Waals surface area contributed by atoms with Gasteiger partial charge in [-0.15, -0.1) is 0 Å². The highest BCUT2D eigenvalue weighted by Crippen LogP contribution is 2.27. The highest BCUT2D eigenvalue weighted by Gasteiger charge is 2.29. The number of ether oxygens (including phenoxy) is 2. The van der Waals surface area contributed by atoms with Crippen molar-refractivity contribution in [3.63, 3.8) is 0 Å². The molecule has 1 amide bonds. The highest BCUT2D eigenvalue weighted by atomic mass is 19.4. The fourth-order valence-electron chi connectivity index (χ4n) is 2.64. The first-order valence-electron chi connectivity index (χ1n) is 8.97. The molecule has 3 rings (SSSR count). The molecule has 0 saturated heterocycles. The topological polar surface area (TPSA) is 73.6 Å². The molecule has 1 N–H and O–H groups in total. The van der Waals surface area contributed by atoms with Gasteiger partial charge in [0.15, 0.2) is 6.61 Å². The number of hydrogen-bond acceptors (Lipinski definition) is 5. The van der Waals surface area contributed by atoms with Crippen LogP contribution in [0.5, 0.6) is 11.5 Å². The summed E-state index contributed by atoms with van der Waals surface area (Å²) in [5, 5.41) is 6.42. The van der Waals surface area contributed by atoms with Gasteiger partial charge >= 0.3 is 6.18 Å². The number of carbonyl (C=O) groups excluding carboxylic acids is 1. The first-order chi connectivity index (χ1) is 14.2. The van der Waals surface area contributed by atoms with E-state index in [-0.39, 0.29) is 23.6 Å².